The van der Waals surface area contributed by atoms with Crippen LogP contribution in [0.1, 0.15) is 60.3 Å². The monoisotopic (exact) mass is 382 g/mol. The SMILES string of the molecule is [CH]CCCOP(=O)(OCCCC)C(C)(C)P1(=O)OCC(C)(C)CO1. The topological polar surface area (TPSA) is 71.1 Å². The molecule has 1 fully saturated rings. The van der Waals surface area contributed by atoms with E-state index in [-0.39, 0.29) is 31.8 Å². The molecule has 6 nitrogen and oxygen atoms in total. The normalized spacial score (nSPS) is 20.9. The molecule has 1 saturated heterocycles. The molecule has 8 heteroatoms. The van der Waals surface area contributed by atoms with Gasteiger partial charge in [0.15, 0.2) is 4.90 Å². The summed E-state index contributed by atoms with van der Waals surface area (Å²) < 4.78 is 49.0. The van der Waals surface area contributed by atoms with E-state index in [9.17, 15) is 9.13 Å². The van der Waals surface area contributed by atoms with Crippen LogP contribution in [0.2, 0.25) is 0 Å². The van der Waals surface area contributed by atoms with Crippen LogP contribution in [0.25, 0.3) is 0 Å². The van der Waals surface area contributed by atoms with Crippen LogP contribution >= 0.6 is 15.2 Å². The summed E-state index contributed by atoms with van der Waals surface area (Å²) in [5.74, 6) is 0. The van der Waals surface area contributed by atoms with Crippen molar-refractivity contribution in [2.24, 2.45) is 5.41 Å². The van der Waals surface area contributed by atoms with Crippen LogP contribution in [0, 0.1) is 12.3 Å². The third-order valence-electron chi connectivity index (χ3n) is 3.96. The van der Waals surface area contributed by atoms with E-state index in [0.717, 1.165) is 12.8 Å². The second-order valence-corrected chi connectivity index (χ2v) is 13.0. The van der Waals surface area contributed by atoms with E-state index >= 15 is 0 Å². The highest BCUT2D eigenvalue weighted by atomic mass is 31.2. The summed E-state index contributed by atoms with van der Waals surface area (Å²) in [5.41, 5.74) is -0.239. The van der Waals surface area contributed by atoms with Gasteiger partial charge in [0.1, 0.15) is 0 Å². The number of unbranched alkanes of at least 4 members (excludes halogenated alkanes) is 2. The molecule has 1 atom stereocenters. The maximum absolute atomic E-state index is 13.4. The predicted molar refractivity (Wildman–Crippen MR) is 95.3 cm³/mol. The first-order valence-electron chi connectivity index (χ1n) is 8.52. The first kappa shape index (κ1) is 22.3. The van der Waals surface area contributed by atoms with Crippen LogP contribution in [0.4, 0.5) is 0 Å². The molecule has 2 radical (unpaired) electrons. The highest BCUT2D eigenvalue weighted by molar-refractivity contribution is 7.74. The lowest BCUT2D eigenvalue weighted by Crippen LogP contribution is -2.36. The lowest BCUT2D eigenvalue weighted by Gasteiger charge is -2.42. The second-order valence-electron chi connectivity index (χ2n) is 7.36. The van der Waals surface area contributed by atoms with Crippen molar-refractivity contribution in [3.63, 3.8) is 0 Å². The summed E-state index contributed by atoms with van der Waals surface area (Å²) in [6.07, 6.45) is 2.58. The van der Waals surface area contributed by atoms with Crippen molar-refractivity contribution in [3.8, 4) is 0 Å². The van der Waals surface area contributed by atoms with Gasteiger partial charge in [0, 0.05) is 5.41 Å². The summed E-state index contributed by atoms with van der Waals surface area (Å²) in [5, 5.41) is 0. The Kier molecular flexibility index (Phi) is 8.19. The molecule has 0 saturated carbocycles. The standard InChI is InChI=1S/C16H32O6P2/c1-7-9-11-19-23(17,20-12-10-8-2)16(5,6)24(18)21-13-15(3,4)14-22-24/h1H,7-14H2,2-6H3. The Hall–Kier alpha value is 0.300. The minimum absolute atomic E-state index is 0.175. The minimum atomic E-state index is -3.73. The van der Waals surface area contributed by atoms with Crippen LogP contribution in [0.3, 0.4) is 0 Å². The Morgan fingerprint density at radius 1 is 1.17 bits per heavy atom. The van der Waals surface area contributed by atoms with Crippen LogP contribution < -0.4 is 0 Å². The Morgan fingerprint density at radius 3 is 2.12 bits per heavy atom. The van der Waals surface area contributed by atoms with Gasteiger partial charge < -0.3 is 18.1 Å². The number of rotatable bonds is 10. The van der Waals surface area contributed by atoms with Crippen LogP contribution in [0.15, 0.2) is 0 Å². The third-order valence-corrected chi connectivity index (χ3v) is 10.1. The summed E-state index contributed by atoms with van der Waals surface area (Å²) in [7, 11) is -7.39. The van der Waals surface area contributed by atoms with Crippen molar-refractivity contribution >= 4 is 15.2 Å². The van der Waals surface area contributed by atoms with Crippen molar-refractivity contribution in [1.82, 2.24) is 0 Å². The van der Waals surface area contributed by atoms with Crippen molar-refractivity contribution in [2.75, 3.05) is 26.4 Å². The van der Waals surface area contributed by atoms with Gasteiger partial charge in [-0.3, -0.25) is 9.13 Å². The fourth-order valence-corrected chi connectivity index (χ4v) is 7.10. The average molecular weight is 382 g/mol. The smallest absolute Gasteiger partial charge is 0.308 e. The van der Waals surface area contributed by atoms with Gasteiger partial charge in [-0.15, -0.1) is 0 Å². The molecular weight excluding hydrogens is 350 g/mol. The predicted octanol–water partition coefficient (Wildman–Crippen LogP) is 5.51. The van der Waals surface area contributed by atoms with E-state index < -0.39 is 20.1 Å². The molecule has 0 aromatic rings. The fraction of sp³-hybridized carbons (Fsp3) is 0.938. The van der Waals surface area contributed by atoms with Gasteiger partial charge in [0.2, 0.25) is 0 Å². The first-order valence-corrected chi connectivity index (χ1v) is 11.6. The summed E-state index contributed by atoms with van der Waals surface area (Å²) in [6, 6.07) is 0. The number of hydrogen-bond donors (Lipinski definition) is 0. The van der Waals surface area contributed by atoms with Crippen LogP contribution in [-0.2, 0) is 27.2 Å². The highest BCUT2D eigenvalue weighted by Crippen LogP contribution is 2.78. The van der Waals surface area contributed by atoms with Gasteiger partial charge in [-0.1, -0.05) is 27.2 Å². The average Bonchev–Trinajstić information content (AvgIpc) is 2.51. The molecule has 0 N–H and O–H groups in total. The molecule has 142 valence electrons. The summed E-state index contributed by atoms with van der Waals surface area (Å²) in [6.45, 7) is 15.5. The van der Waals surface area contributed by atoms with E-state index in [1.165, 1.54) is 0 Å². The zero-order chi connectivity index (χ0) is 18.5. The van der Waals surface area contributed by atoms with Gasteiger partial charge in [0.25, 0.3) is 0 Å². The highest BCUT2D eigenvalue weighted by Gasteiger charge is 2.60. The van der Waals surface area contributed by atoms with Gasteiger partial charge in [-0.2, -0.15) is 0 Å². The van der Waals surface area contributed by atoms with Crippen LogP contribution in [0.5, 0.6) is 0 Å². The number of hydrogen-bond acceptors (Lipinski definition) is 6. The van der Waals surface area contributed by atoms with Gasteiger partial charge in [-0.05, 0) is 40.0 Å². The first-order chi connectivity index (χ1) is 11.0. The van der Waals surface area contributed by atoms with E-state index in [0.29, 0.717) is 12.8 Å². The molecule has 0 aromatic carbocycles. The van der Waals surface area contributed by atoms with Crippen LogP contribution in [-0.4, -0.2) is 31.3 Å². The zero-order valence-electron chi connectivity index (χ0n) is 15.6. The molecule has 0 spiro atoms. The maximum Gasteiger partial charge on any atom is 0.348 e. The Balaban J connectivity index is 3.00. The fourth-order valence-electron chi connectivity index (χ4n) is 2.01. The lowest BCUT2D eigenvalue weighted by atomic mass is 9.97. The van der Waals surface area contributed by atoms with Crippen molar-refractivity contribution in [3.05, 3.63) is 6.92 Å². The largest absolute Gasteiger partial charge is 0.348 e. The Bertz CT molecular complexity index is 461. The molecule has 0 bridgehead atoms. The molecule has 1 heterocycles. The van der Waals surface area contributed by atoms with Crippen molar-refractivity contribution in [1.29, 1.82) is 0 Å². The van der Waals surface area contributed by atoms with Gasteiger partial charge in [0.05, 0.1) is 26.4 Å². The molecule has 1 rings (SSSR count). The zero-order valence-corrected chi connectivity index (χ0v) is 17.4. The second kappa shape index (κ2) is 8.79. The van der Waals surface area contributed by atoms with E-state index in [1.54, 1.807) is 13.8 Å². The molecule has 1 aliphatic heterocycles. The van der Waals surface area contributed by atoms with Crippen molar-refractivity contribution in [2.45, 2.75) is 65.2 Å². The molecule has 24 heavy (non-hydrogen) atoms. The summed E-state index contributed by atoms with van der Waals surface area (Å²) >= 11 is 0. The van der Waals surface area contributed by atoms with E-state index in [2.05, 4.69) is 0 Å². The molecule has 0 aromatic heterocycles. The molecule has 1 unspecified atom stereocenters. The Labute approximate surface area is 147 Å². The molecule has 0 amide bonds. The Morgan fingerprint density at radius 2 is 1.67 bits per heavy atom. The summed E-state index contributed by atoms with van der Waals surface area (Å²) in [4.78, 5) is -1.39. The van der Waals surface area contributed by atoms with Gasteiger partial charge >= 0.3 is 15.2 Å². The molecule has 1 aliphatic rings. The maximum atomic E-state index is 13.4. The van der Waals surface area contributed by atoms with E-state index in [1.807, 2.05) is 20.8 Å². The lowest BCUT2D eigenvalue weighted by molar-refractivity contribution is 0.0353. The molecular formula is C16H32O6P2. The van der Waals surface area contributed by atoms with Crippen molar-refractivity contribution < 1.29 is 27.2 Å². The van der Waals surface area contributed by atoms with E-state index in [4.69, 9.17) is 25.0 Å². The third kappa shape index (κ3) is 5.16. The minimum Gasteiger partial charge on any atom is -0.308 e. The van der Waals surface area contributed by atoms with Gasteiger partial charge in [-0.25, -0.2) is 0 Å². The molecule has 0 aliphatic carbocycles. The quantitative estimate of drug-likeness (QED) is 0.367.